The van der Waals surface area contributed by atoms with E-state index < -0.39 is 0 Å². The van der Waals surface area contributed by atoms with Crippen molar-refractivity contribution in [1.29, 1.82) is 0 Å². The second-order valence-corrected chi connectivity index (χ2v) is 3.75. The molecule has 0 aliphatic carbocycles. The van der Waals surface area contributed by atoms with E-state index in [1.807, 2.05) is 0 Å². The van der Waals surface area contributed by atoms with Gasteiger partial charge in [-0.1, -0.05) is 11.6 Å². The van der Waals surface area contributed by atoms with Gasteiger partial charge in [0.05, 0.1) is 12.3 Å². The predicted octanol–water partition coefficient (Wildman–Crippen LogP) is 1.29. The second kappa shape index (κ2) is 5.72. The average Bonchev–Trinajstić information content (AvgIpc) is 2.17. The molecule has 1 aromatic heterocycles. The Labute approximate surface area is 93.7 Å². The Morgan fingerprint density at radius 1 is 1.67 bits per heavy atom. The lowest BCUT2D eigenvalue weighted by atomic mass is 10.2. The van der Waals surface area contributed by atoms with Crippen LogP contribution in [0.5, 0.6) is 0 Å². The Balaban J connectivity index is 2.40. The Bertz CT molecular complexity index is 319. The van der Waals surface area contributed by atoms with Gasteiger partial charge in [0, 0.05) is 6.54 Å². The monoisotopic (exact) mass is 230 g/mol. The minimum atomic E-state index is -0.280. The fraction of sp³-hybridized carbons (Fsp3) is 0.556. The molecule has 0 fully saturated rings. The molecule has 0 radical (unpaired) electrons. The highest BCUT2D eigenvalue weighted by Crippen LogP contribution is 2.18. The van der Waals surface area contributed by atoms with E-state index in [0.29, 0.717) is 17.4 Å². The van der Waals surface area contributed by atoms with Gasteiger partial charge in [-0.3, -0.25) is 0 Å². The summed E-state index contributed by atoms with van der Waals surface area (Å²) in [5.41, 5.74) is 5.42. The molecular weight excluding hydrogens is 216 g/mol. The minimum absolute atomic E-state index is 0.192. The molecule has 0 aromatic carbocycles. The molecule has 0 bridgehead atoms. The molecule has 0 aliphatic rings. The standard InChI is InChI=1S/C9H15ClN4O/c1-6(15)3-2-4-12-8-7(10)5-13-9(11)14-8/h5-6,15H,2-4H2,1H3,(H3,11,12,13,14). The van der Waals surface area contributed by atoms with Gasteiger partial charge in [0.15, 0.2) is 0 Å². The van der Waals surface area contributed by atoms with Crippen LogP contribution in [0.1, 0.15) is 19.8 Å². The third kappa shape index (κ3) is 4.31. The molecule has 1 aromatic rings. The molecule has 1 unspecified atom stereocenters. The summed E-state index contributed by atoms with van der Waals surface area (Å²) in [7, 11) is 0. The maximum Gasteiger partial charge on any atom is 0.222 e. The van der Waals surface area contributed by atoms with Crippen LogP contribution in [0.15, 0.2) is 6.20 Å². The number of aromatic nitrogens is 2. The summed E-state index contributed by atoms with van der Waals surface area (Å²) >= 11 is 5.85. The molecule has 0 aliphatic heterocycles. The number of rotatable bonds is 5. The van der Waals surface area contributed by atoms with Crippen LogP contribution >= 0.6 is 11.6 Å². The van der Waals surface area contributed by atoms with Crippen LogP contribution in [-0.2, 0) is 0 Å². The first-order chi connectivity index (χ1) is 7.09. The molecule has 0 saturated heterocycles. The number of aliphatic hydroxyl groups excluding tert-OH is 1. The van der Waals surface area contributed by atoms with Gasteiger partial charge >= 0.3 is 0 Å². The van der Waals surface area contributed by atoms with Crippen LogP contribution in [0.3, 0.4) is 0 Å². The van der Waals surface area contributed by atoms with E-state index in [1.165, 1.54) is 6.20 Å². The third-order valence-electron chi connectivity index (χ3n) is 1.85. The van der Waals surface area contributed by atoms with E-state index in [0.717, 1.165) is 12.8 Å². The summed E-state index contributed by atoms with van der Waals surface area (Å²) < 4.78 is 0. The molecule has 0 saturated carbocycles. The largest absolute Gasteiger partial charge is 0.393 e. The lowest BCUT2D eigenvalue weighted by Crippen LogP contribution is -2.09. The lowest BCUT2D eigenvalue weighted by molar-refractivity contribution is 0.183. The van der Waals surface area contributed by atoms with Crippen molar-refractivity contribution >= 4 is 23.4 Å². The van der Waals surface area contributed by atoms with Crippen molar-refractivity contribution in [3.05, 3.63) is 11.2 Å². The van der Waals surface area contributed by atoms with E-state index in [4.69, 9.17) is 22.4 Å². The van der Waals surface area contributed by atoms with E-state index in [9.17, 15) is 0 Å². The van der Waals surface area contributed by atoms with Crippen molar-refractivity contribution < 1.29 is 5.11 Å². The Morgan fingerprint density at radius 2 is 2.40 bits per heavy atom. The van der Waals surface area contributed by atoms with Crippen molar-refractivity contribution in [3.63, 3.8) is 0 Å². The zero-order chi connectivity index (χ0) is 11.3. The Hall–Kier alpha value is -1.07. The maximum atomic E-state index is 9.05. The van der Waals surface area contributed by atoms with Gasteiger partial charge < -0.3 is 16.2 Å². The molecular formula is C9H15ClN4O. The van der Waals surface area contributed by atoms with Gasteiger partial charge in [0.25, 0.3) is 0 Å². The van der Waals surface area contributed by atoms with Crippen molar-refractivity contribution in [1.82, 2.24) is 9.97 Å². The van der Waals surface area contributed by atoms with Crippen molar-refractivity contribution in [3.8, 4) is 0 Å². The quantitative estimate of drug-likeness (QED) is 0.664. The summed E-state index contributed by atoms with van der Waals surface area (Å²) in [5.74, 6) is 0.729. The fourth-order valence-electron chi connectivity index (χ4n) is 1.11. The van der Waals surface area contributed by atoms with Gasteiger partial charge in [0.2, 0.25) is 5.95 Å². The normalized spacial score (nSPS) is 12.5. The highest BCUT2D eigenvalue weighted by Gasteiger charge is 2.02. The van der Waals surface area contributed by atoms with E-state index in [-0.39, 0.29) is 12.1 Å². The molecule has 5 nitrogen and oxygen atoms in total. The molecule has 4 N–H and O–H groups in total. The van der Waals surface area contributed by atoms with Crippen molar-refractivity contribution in [2.45, 2.75) is 25.9 Å². The number of nitrogens with two attached hydrogens (primary N) is 1. The zero-order valence-electron chi connectivity index (χ0n) is 8.57. The number of nitrogen functional groups attached to an aromatic ring is 1. The molecule has 1 heterocycles. The summed E-state index contributed by atoms with van der Waals surface area (Å²) in [6.45, 7) is 2.46. The Kier molecular flexibility index (Phi) is 4.58. The first kappa shape index (κ1) is 12.0. The number of hydrogen-bond donors (Lipinski definition) is 3. The molecule has 0 spiro atoms. The van der Waals surface area contributed by atoms with E-state index in [2.05, 4.69) is 15.3 Å². The topological polar surface area (TPSA) is 84.1 Å². The number of hydrogen-bond acceptors (Lipinski definition) is 5. The lowest BCUT2D eigenvalue weighted by Gasteiger charge is -2.08. The maximum absolute atomic E-state index is 9.05. The number of halogens is 1. The first-order valence-electron chi connectivity index (χ1n) is 4.79. The molecule has 1 atom stereocenters. The molecule has 15 heavy (non-hydrogen) atoms. The SMILES string of the molecule is CC(O)CCCNc1nc(N)ncc1Cl. The van der Waals surface area contributed by atoms with Gasteiger partial charge in [-0.05, 0) is 19.8 Å². The van der Waals surface area contributed by atoms with Gasteiger partial charge in [-0.15, -0.1) is 0 Å². The van der Waals surface area contributed by atoms with Crippen LogP contribution < -0.4 is 11.1 Å². The van der Waals surface area contributed by atoms with Crippen LogP contribution in [-0.4, -0.2) is 27.7 Å². The highest BCUT2D eigenvalue weighted by atomic mass is 35.5. The van der Waals surface area contributed by atoms with Crippen LogP contribution in [0.25, 0.3) is 0 Å². The highest BCUT2D eigenvalue weighted by molar-refractivity contribution is 6.32. The smallest absolute Gasteiger partial charge is 0.222 e. The molecule has 0 amide bonds. The van der Waals surface area contributed by atoms with Crippen molar-refractivity contribution in [2.75, 3.05) is 17.6 Å². The average molecular weight is 231 g/mol. The number of aliphatic hydroxyl groups is 1. The number of anilines is 2. The third-order valence-corrected chi connectivity index (χ3v) is 2.13. The van der Waals surface area contributed by atoms with Gasteiger partial charge in [-0.25, -0.2) is 4.98 Å². The molecule has 84 valence electrons. The molecule has 1 rings (SSSR count). The van der Waals surface area contributed by atoms with Crippen molar-refractivity contribution in [2.24, 2.45) is 0 Å². The fourth-order valence-corrected chi connectivity index (χ4v) is 1.27. The van der Waals surface area contributed by atoms with E-state index >= 15 is 0 Å². The van der Waals surface area contributed by atoms with E-state index in [1.54, 1.807) is 6.92 Å². The Morgan fingerprint density at radius 3 is 3.07 bits per heavy atom. The first-order valence-corrected chi connectivity index (χ1v) is 5.17. The van der Waals surface area contributed by atoms with Crippen LogP contribution in [0.4, 0.5) is 11.8 Å². The van der Waals surface area contributed by atoms with Crippen LogP contribution in [0.2, 0.25) is 5.02 Å². The predicted molar refractivity (Wildman–Crippen MR) is 60.9 cm³/mol. The van der Waals surface area contributed by atoms with Crippen LogP contribution in [0, 0.1) is 0 Å². The summed E-state index contributed by atoms with van der Waals surface area (Å²) in [5, 5.41) is 12.5. The number of nitrogens with one attached hydrogen (secondary N) is 1. The van der Waals surface area contributed by atoms with Gasteiger partial charge in [0.1, 0.15) is 10.8 Å². The minimum Gasteiger partial charge on any atom is -0.393 e. The summed E-state index contributed by atoms with van der Waals surface area (Å²) in [4.78, 5) is 7.70. The van der Waals surface area contributed by atoms with Gasteiger partial charge in [-0.2, -0.15) is 4.98 Å². The summed E-state index contributed by atoms with van der Waals surface area (Å²) in [6, 6.07) is 0. The second-order valence-electron chi connectivity index (χ2n) is 3.34. The summed E-state index contributed by atoms with van der Waals surface area (Å²) in [6.07, 6.45) is 2.77. The molecule has 6 heteroatoms. The zero-order valence-corrected chi connectivity index (χ0v) is 9.33. The number of nitrogens with zero attached hydrogens (tertiary/aromatic N) is 2.